The molecule has 7 aromatic rings. The zero-order valence-corrected chi connectivity index (χ0v) is 19.5. The van der Waals surface area contributed by atoms with Crippen LogP contribution in [0.1, 0.15) is 5.56 Å². The molecule has 5 aromatic carbocycles. The molecule has 36 heavy (non-hydrogen) atoms. The Hall–Kier alpha value is -4.44. The van der Waals surface area contributed by atoms with E-state index in [9.17, 15) is 0 Å². The van der Waals surface area contributed by atoms with Crippen LogP contribution in [-0.4, -0.2) is 12.8 Å². The summed E-state index contributed by atoms with van der Waals surface area (Å²) in [5.74, 6) is -0.372. The second kappa shape index (κ2) is 7.79. The minimum absolute atomic E-state index is 0.372. The van der Waals surface area contributed by atoms with E-state index in [2.05, 4.69) is 17.1 Å². The zero-order valence-electron chi connectivity index (χ0n) is 19.5. The van der Waals surface area contributed by atoms with Gasteiger partial charge in [0, 0.05) is 22.5 Å². The summed E-state index contributed by atoms with van der Waals surface area (Å²) in [6.45, 7) is 2.01. The average Bonchev–Trinajstić information content (AvgIpc) is 3.29. The van der Waals surface area contributed by atoms with Gasteiger partial charge < -0.3 is 4.42 Å². The van der Waals surface area contributed by atoms with Crippen molar-refractivity contribution in [2.45, 2.75) is 6.92 Å². The SMILES string of the molecule is [B]c1c(-c2c(F)ccc3c2oc2c(-c4ccc(C)cn4)cccc23)c2ccccc2c2ccccc12. The highest BCUT2D eigenvalue weighted by Gasteiger charge is 2.22. The molecule has 0 aliphatic heterocycles. The molecule has 2 heterocycles. The quantitative estimate of drug-likeness (QED) is 0.193. The van der Waals surface area contributed by atoms with Gasteiger partial charge in [0.1, 0.15) is 24.8 Å². The third-order valence-corrected chi connectivity index (χ3v) is 7.03. The molecule has 4 heteroatoms. The van der Waals surface area contributed by atoms with E-state index in [1.807, 2.05) is 79.9 Å². The van der Waals surface area contributed by atoms with E-state index in [4.69, 9.17) is 12.3 Å². The number of hydrogen-bond donors (Lipinski definition) is 0. The number of para-hydroxylation sites is 1. The van der Waals surface area contributed by atoms with Crippen LogP contribution in [0.15, 0.2) is 102 Å². The summed E-state index contributed by atoms with van der Waals surface area (Å²) in [5, 5.41) is 5.60. The molecule has 0 aliphatic carbocycles. The van der Waals surface area contributed by atoms with Gasteiger partial charge in [-0.05, 0) is 63.9 Å². The molecular formula is C32H19BFNO. The first-order valence-corrected chi connectivity index (χ1v) is 11.9. The second-order valence-electron chi connectivity index (χ2n) is 9.18. The van der Waals surface area contributed by atoms with E-state index in [1.165, 1.54) is 6.07 Å². The molecule has 0 bridgehead atoms. The first-order chi connectivity index (χ1) is 17.6. The lowest BCUT2D eigenvalue weighted by Crippen LogP contribution is -2.10. The van der Waals surface area contributed by atoms with Crippen molar-refractivity contribution < 1.29 is 8.81 Å². The molecule has 168 valence electrons. The first-order valence-electron chi connectivity index (χ1n) is 11.9. The molecule has 0 amide bonds. The number of hydrogen-bond acceptors (Lipinski definition) is 2. The third-order valence-electron chi connectivity index (χ3n) is 7.03. The normalized spacial score (nSPS) is 11.7. The largest absolute Gasteiger partial charge is 0.455 e. The van der Waals surface area contributed by atoms with E-state index in [1.54, 1.807) is 6.07 Å². The molecule has 2 aromatic heterocycles. The fraction of sp³-hybridized carbons (Fsp3) is 0.0312. The van der Waals surface area contributed by atoms with Crippen LogP contribution >= 0.6 is 0 Å². The number of fused-ring (bicyclic) bond motifs is 6. The molecule has 0 spiro atoms. The van der Waals surface area contributed by atoms with E-state index < -0.39 is 0 Å². The summed E-state index contributed by atoms with van der Waals surface area (Å²) in [6, 6.07) is 29.3. The van der Waals surface area contributed by atoms with Gasteiger partial charge in [0.2, 0.25) is 0 Å². The number of furan rings is 1. The van der Waals surface area contributed by atoms with Crippen molar-refractivity contribution in [2.24, 2.45) is 0 Å². The fourth-order valence-corrected chi connectivity index (χ4v) is 5.34. The summed E-state index contributed by atoms with van der Waals surface area (Å²) < 4.78 is 22.3. The number of aromatic nitrogens is 1. The van der Waals surface area contributed by atoms with E-state index in [-0.39, 0.29) is 5.82 Å². The van der Waals surface area contributed by atoms with Crippen LogP contribution in [0.3, 0.4) is 0 Å². The number of aryl methyl sites for hydroxylation is 1. The van der Waals surface area contributed by atoms with Gasteiger partial charge in [0.15, 0.2) is 0 Å². The number of halogens is 1. The van der Waals surface area contributed by atoms with Gasteiger partial charge in [-0.2, -0.15) is 0 Å². The lowest BCUT2D eigenvalue weighted by atomic mass is 9.79. The lowest BCUT2D eigenvalue weighted by Gasteiger charge is -2.16. The van der Waals surface area contributed by atoms with Gasteiger partial charge >= 0.3 is 0 Å². The molecule has 2 nitrogen and oxygen atoms in total. The zero-order chi connectivity index (χ0) is 24.4. The van der Waals surface area contributed by atoms with E-state index in [0.717, 1.165) is 49.1 Å². The van der Waals surface area contributed by atoms with Gasteiger partial charge in [-0.1, -0.05) is 72.2 Å². The van der Waals surface area contributed by atoms with Crippen molar-refractivity contribution in [2.75, 3.05) is 0 Å². The maximum atomic E-state index is 15.8. The van der Waals surface area contributed by atoms with E-state index in [0.29, 0.717) is 27.8 Å². The van der Waals surface area contributed by atoms with E-state index >= 15 is 4.39 Å². The summed E-state index contributed by atoms with van der Waals surface area (Å²) in [7, 11) is 6.79. The lowest BCUT2D eigenvalue weighted by molar-refractivity contribution is 0.623. The molecule has 0 fully saturated rings. The Morgan fingerprint density at radius 2 is 1.31 bits per heavy atom. The van der Waals surface area contributed by atoms with Crippen molar-refractivity contribution in [1.82, 2.24) is 4.98 Å². The van der Waals surface area contributed by atoms with Gasteiger partial charge in [0.25, 0.3) is 0 Å². The van der Waals surface area contributed by atoms with Crippen molar-refractivity contribution in [3.8, 4) is 22.4 Å². The molecule has 0 unspecified atom stereocenters. The van der Waals surface area contributed by atoms with Crippen LogP contribution in [0.2, 0.25) is 0 Å². The Kier molecular flexibility index (Phi) is 4.52. The predicted molar refractivity (Wildman–Crippen MR) is 147 cm³/mol. The Morgan fingerprint density at radius 1 is 0.639 bits per heavy atom. The topological polar surface area (TPSA) is 26.0 Å². The molecular weight excluding hydrogens is 444 g/mol. The molecule has 0 N–H and O–H groups in total. The van der Waals surface area contributed by atoms with Gasteiger partial charge in [-0.15, -0.1) is 0 Å². The molecule has 0 aliphatic rings. The first kappa shape index (κ1) is 20.9. The molecule has 0 atom stereocenters. The van der Waals surface area contributed by atoms with Crippen molar-refractivity contribution in [3.63, 3.8) is 0 Å². The fourth-order valence-electron chi connectivity index (χ4n) is 5.34. The van der Waals surface area contributed by atoms with Crippen LogP contribution < -0.4 is 5.46 Å². The van der Waals surface area contributed by atoms with Crippen molar-refractivity contribution in [1.29, 1.82) is 0 Å². The third kappa shape index (κ3) is 2.94. The highest BCUT2D eigenvalue weighted by molar-refractivity contribution is 6.46. The average molecular weight is 463 g/mol. The predicted octanol–water partition coefficient (Wildman–Crippen LogP) is 7.86. The second-order valence-corrected chi connectivity index (χ2v) is 9.18. The van der Waals surface area contributed by atoms with Crippen LogP contribution in [0.4, 0.5) is 4.39 Å². The van der Waals surface area contributed by atoms with Gasteiger partial charge in [0.05, 0.1) is 11.3 Å². The van der Waals surface area contributed by atoms with Crippen LogP contribution in [0.25, 0.3) is 65.9 Å². The highest BCUT2D eigenvalue weighted by atomic mass is 19.1. The summed E-state index contributed by atoms with van der Waals surface area (Å²) in [5.41, 5.74) is 5.49. The number of pyridine rings is 1. The number of rotatable bonds is 2. The number of nitrogens with zero attached hydrogens (tertiary/aromatic N) is 1. The Labute approximate surface area is 208 Å². The minimum atomic E-state index is -0.372. The highest BCUT2D eigenvalue weighted by Crippen LogP contribution is 2.42. The Morgan fingerprint density at radius 3 is 2.06 bits per heavy atom. The van der Waals surface area contributed by atoms with Crippen molar-refractivity contribution in [3.05, 3.63) is 109 Å². The van der Waals surface area contributed by atoms with Crippen LogP contribution in [0, 0.1) is 12.7 Å². The van der Waals surface area contributed by atoms with Crippen molar-refractivity contribution >= 4 is 56.8 Å². The summed E-state index contributed by atoms with van der Waals surface area (Å²) in [4.78, 5) is 4.60. The maximum absolute atomic E-state index is 15.8. The monoisotopic (exact) mass is 463 g/mol. The summed E-state index contributed by atoms with van der Waals surface area (Å²) in [6.07, 6.45) is 1.84. The minimum Gasteiger partial charge on any atom is -0.455 e. The molecule has 7 rings (SSSR count). The van der Waals surface area contributed by atoms with Gasteiger partial charge in [-0.3, -0.25) is 4.98 Å². The Bertz CT molecular complexity index is 1970. The Balaban J connectivity index is 1.62. The summed E-state index contributed by atoms with van der Waals surface area (Å²) >= 11 is 0. The molecule has 0 saturated heterocycles. The number of benzene rings is 5. The van der Waals surface area contributed by atoms with Crippen LogP contribution in [0.5, 0.6) is 0 Å². The molecule has 2 radical (unpaired) electrons. The standard InChI is InChI=1S/C32H19BFNO/c1-18-13-16-27(35-17-18)25-12-6-11-23-24-14-15-26(34)29(32(24)36-31(23)25)28-21-9-4-2-7-19(21)20-8-3-5-10-22(20)30(28)33/h2-17H,1H3. The van der Waals surface area contributed by atoms with Crippen LogP contribution in [-0.2, 0) is 0 Å². The maximum Gasteiger partial charge on any atom is 0.146 e. The van der Waals surface area contributed by atoms with Gasteiger partial charge in [-0.25, -0.2) is 4.39 Å². The molecule has 0 saturated carbocycles. The smallest absolute Gasteiger partial charge is 0.146 e.